The Bertz CT molecular complexity index is 765. The molecule has 2 aromatic rings. The van der Waals surface area contributed by atoms with Gasteiger partial charge in [-0.05, 0) is 23.8 Å². The van der Waals surface area contributed by atoms with E-state index >= 15 is 0 Å². The van der Waals surface area contributed by atoms with E-state index in [4.69, 9.17) is 5.41 Å². The molecule has 4 nitrogen and oxygen atoms in total. The molecule has 1 aliphatic heterocycles. The van der Waals surface area contributed by atoms with E-state index in [1.807, 2.05) is 6.07 Å². The summed E-state index contributed by atoms with van der Waals surface area (Å²) < 4.78 is 15.1. The monoisotopic (exact) mass is 361 g/mol. The van der Waals surface area contributed by atoms with Crippen LogP contribution in [0.15, 0.2) is 53.0 Å². The highest BCUT2D eigenvalue weighted by Crippen LogP contribution is 2.37. The highest BCUT2D eigenvalue weighted by Gasteiger charge is 2.52. The molecular formula is C16H13BrFN3O. The maximum atomic E-state index is 14.5. The largest absolute Gasteiger partial charge is 0.334 e. The minimum Gasteiger partial charge on any atom is -0.334 e. The van der Waals surface area contributed by atoms with Gasteiger partial charge in [0.1, 0.15) is 5.82 Å². The minimum absolute atomic E-state index is 0.0618. The van der Waals surface area contributed by atoms with Crippen molar-refractivity contribution in [3.05, 3.63) is 69.9 Å². The molecule has 0 aliphatic carbocycles. The molecular weight excluding hydrogens is 349 g/mol. The van der Waals surface area contributed by atoms with E-state index in [1.54, 1.807) is 36.4 Å². The Balaban J connectivity index is 2.32. The van der Waals surface area contributed by atoms with E-state index in [9.17, 15) is 9.18 Å². The topological polar surface area (TPSA) is 56.2 Å². The van der Waals surface area contributed by atoms with Gasteiger partial charge in [-0.25, -0.2) is 4.39 Å². The van der Waals surface area contributed by atoms with E-state index in [0.717, 1.165) is 0 Å². The molecule has 1 saturated heterocycles. The van der Waals surface area contributed by atoms with Crippen LogP contribution in [0.3, 0.4) is 0 Å². The summed E-state index contributed by atoms with van der Waals surface area (Å²) in [6.07, 6.45) is 0. The Morgan fingerprint density at radius 1 is 1.23 bits per heavy atom. The fraction of sp³-hybridized carbons (Fsp3) is 0.125. The van der Waals surface area contributed by atoms with Crippen molar-refractivity contribution in [3.8, 4) is 0 Å². The fourth-order valence-electron chi connectivity index (χ4n) is 2.67. The average molecular weight is 362 g/mol. The third-order valence-corrected chi connectivity index (χ3v) is 4.30. The van der Waals surface area contributed by atoms with Crippen molar-refractivity contribution >= 4 is 27.8 Å². The molecule has 2 aromatic carbocycles. The first-order chi connectivity index (χ1) is 10.5. The molecule has 0 bridgehead atoms. The third-order valence-electron chi connectivity index (χ3n) is 3.81. The number of likely N-dealkylation sites (N-methyl/N-ethyl adjacent to an activating group) is 1. The first kappa shape index (κ1) is 14.7. The van der Waals surface area contributed by atoms with Gasteiger partial charge in [-0.2, -0.15) is 0 Å². The highest BCUT2D eigenvalue weighted by atomic mass is 79.9. The van der Waals surface area contributed by atoms with Gasteiger partial charge in [-0.15, -0.1) is 0 Å². The molecule has 112 valence electrons. The van der Waals surface area contributed by atoms with E-state index in [2.05, 4.69) is 21.2 Å². The standard InChI is InChI=1S/C16H13BrFN3O/c1-21-14(22)16(20-15(21)19,10-5-3-2-4-6-10)12-9-11(17)7-8-13(12)18/h2-9H,1H3,(H2,19,20). The van der Waals surface area contributed by atoms with Crippen molar-refractivity contribution in [2.45, 2.75) is 5.54 Å². The number of hydrogen-bond donors (Lipinski definition) is 2. The van der Waals surface area contributed by atoms with Gasteiger partial charge in [-0.1, -0.05) is 46.3 Å². The molecule has 1 aliphatic rings. The molecule has 0 aromatic heterocycles. The summed E-state index contributed by atoms with van der Waals surface area (Å²) in [5, 5.41) is 10.8. The second-order valence-corrected chi connectivity index (χ2v) is 5.99. The lowest BCUT2D eigenvalue weighted by molar-refractivity contribution is -0.129. The number of nitrogens with one attached hydrogen (secondary N) is 2. The van der Waals surface area contributed by atoms with Gasteiger partial charge < -0.3 is 5.32 Å². The van der Waals surface area contributed by atoms with Crippen LogP contribution in [0.4, 0.5) is 4.39 Å². The predicted molar refractivity (Wildman–Crippen MR) is 85.0 cm³/mol. The van der Waals surface area contributed by atoms with E-state index in [0.29, 0.717) is 10.0 Å². The van der Waals surface area contributed by atoms with Gasteiger partial charge in [0.25, 0.3) is 5.91 Å². The lowest BCUT2D eigenvalue weighted by atomic mass is 9.82. The number of guanidine groups is 1. The molecule has 6 heteroatoms. The number of nitrogens with zero attached hydrogens (tertiary/aromatic N) is 1. The number of halogens is 2. The quantitative estimate of drug-likeness (QED) is 0.863. The molecule has 0 spiro atoms. The molecule has 1 unspecified atom stereocenters. The van der Waals surface area contributed by atoms with Crippen LogP contribution in [0, 0.1) is 11.2 Å². The SMILES string of the molecule is CN1C(=N)NC(c2ccccc2)(c2cc(Br)ccc2F)C1=O. The normalized spacial score (nSPS) is 21.1. The molecule has 1 atom stereocenters. The Morgan fingerprint density at radius 3 is 2.50 bits per heavy atom. The van der Waals surface area contributed by atoms with Crippen molar-refractivity contribution in [1.29, 1.82) is 5.41 Å². The zero-order valence-electron chi connectivity index (χ0n) is 11.7. The zero-order chi connectivity index (χ0) is 15.9. The summed E-state index contributed by atoms with van der Waals surface area (Å²) >= 11 is 3.32. The number of benzene rings is 2. The van der Waals surface area contributed by atoms with Crippen molar-refractivity contribution in [3.63, 3.8) is 0 Å². The van der Waals surface area contributed by atoms with Crippen LogP contribution in [0.25, 0.3) is 0 Å². The minimum atomic E-state index is -1.43. The summed E-state index contributed by atoms with van der Waals surface area (Å²) in [4.78, 5) is 14.0. The second-order valence-electron chi connectivity index (χ2n) is 5.08. The molecule has 1 fully saturated rings. The smallest absolute Gasteiger partial charge is 0.264 e. The van der Waals surface area contributed by atoms with Gasteiger partial charge in [0, 0.05) is 17.1 Å². The number of carbonyl (C=O) groups excluding carboxylic acids is 1. The van der Waals surface area contributed by atoms with Crippen LogP contribution in [-0.4, -0.2) is 23.8 Å². The number of rotatable bonds is 2. The molecule has 0 radical (unpaired) electrons. The lowest BCUT2D eigenvalue weighted by Crippen LogP contribution is -2.45. The van der Waals surface area contributed by atoms with E-state index in [-0.39, 0.29) is 17.4 Å². The van der Waals surface area contributed by atoms with Crippen molar-refractivity contribution in [1.82, 2.24) is 10.2 Å². The summed E-state index contributed by atoms with van der Waals surface area (Å²) in [7, 11) is 1.50. The summed E-state index contributed by atoms with van der Waals surface area (Å²) in [6, 6.07) is 13.3. The molecule has 0 saturated carbocycles. The molecule has 1 amide bonds. The average Bonchev–Trinajstić information content (AvgIpc) is 2.76. The van der Waals surface area contributed by atoms with Crippen LogP contribution in [-0.2, 0) is 10.3 Å². The molecule has 22 heavy (non-hydrogen) atoms. The van der Waals surface area contributed by atoms with Gasteiger partial charge in [0.05, 0.1) is 0 Å². The summed E-state index contributed by atoms with van der Waals surface area (Å²) in [5.74, 6) is -0.954. The number of amides is 1. The maximum absolute atomic E-state index is 14.5. The third kappa shape index (κ3) is 2.02. The van der Waals surface area contributed by atoms with Crippen molar-refractivity contribution < 1.29 is 9.18 Å². The highest BCUT2D eigenvalue weighted by molar-refractivity contribution is 9.10. The Labute approximate surface area is 135 Å². The first-order valence-electron chi connectivity index (χ1n) is 6.63. The number of hydrogen-bond acceptors (Lipinski definition) is 2. The van der Waals surface area contributed by atoms with Crippen LogP contribution in [0.2, 0.25) is 0 Å². The van der Waals surface area contributed by atoms with Crippen molar-refractivity contribution in [2.24, 2.45) is 0 Å². The lowest BCUT2D eigenvalue weighted by Gasteiger charge is -2.28. The summed E-state index contributed by atoms with van der Waals surface area (Å²) in [6.45, 7) is 0. The van der Waals surface area contributed by atoms with E-state index in [1.165, 1.54) is 18.0 Å². The predicted octanol–water partition coefficient (Wildman–Crippen LogP) is 2.83. The second kappa shape index (κ2) is 5.21. The molecule has 2 N–H and O–H groups in total. The van der Waals surface area contributed by atoms with Gasteiger partial charge in [0.15, 0.2) is 11.5 Å². The van der Waals surface area contributed by atoms with E-state index < -0.39 is 11.4 Å². The van der Waals surface area contributed by atoms with Crippen LogP contribution >= 0.6 is 15.9 Å². The number of carbonyl (C=O) groups is 1. The maximum Gasteiger partial charge on any atom is 0.264 e. The van der Waals surface area contributed by atoms with Crippen LogP contribution in [0.5, 0.6) is 0 Å². The van der Waals surface area contributed by atoms with Gasteiger partial charge >= 0.3 is 0 Å². The van der Waals surface area contributed by atoms with Crippen LogP contribution < -0.4 is 5.32 Å². The van der Waals surface area contributed by atoms with Crippen molar-refractivity contribution in [2.75, 3.05) is 7.05 Å². The van der Waals surface area contributed by atoms with Gasteiger partial charge in [-0.3, -0.25) is 15.1 Å². The molecule has 1 heterocycles. The fourth-order valence-corrected chi connectivity index (χ4v) is 3.04. The van der Waals surface area contributed by atoms with Gasteiger partial charge in [0.2, 0.25) is 0 Å². The van der Waals surface area contributed by atoms with Crippen LogP contribution in [0.1, 0.15) is 11.1 Å². The Hall–Kier alpha value is -2.21. The zero-order valence-corrected chi connectivity index (χ0v) is 13.3. The Morgan fingerprint density at radius 2 is 1.91 bits per heavy atom. The first-order valence-corrected chi connectivity index (χ1v) is 7.42. The Kier molecular flexibility index (Phi) is 3.48. The summed E-state index contributed by atoms with van der Waals surface area (Å²) in [5.41, 5.74) is -0.653. The molecule has 3 rings (SSSR count).